The topological polar surface area (TPSA) is 94.0 Å². The van der Waals surface area contributed by atoms with Crippen LogP contribution in [0.4, 0.5) is 5.82 Å². The summed E-state index contributed by atoms with van der Waals surface area (Å²) in [5.41, 5.74) is 7.18. The number of H-pyrrole nitrogens is 1. The number of rotatable bonds is 2. The number of hydrogen-bond acceptors (Lipinski definition) is 4. The summed E-state index contributed by atoms with van der Waals surface area (Å²) in [6.07, 6.45) is 5.56. The second-order valence-electron chi connectivity index (χ2n) is 5.30. The molecule has 0 amide bonds. The van der Waals surface area contributed by atoms with E-state index in [0.29, 0.717) is 28.3 Å². The Hall–Kier alpha value is -2.57. The van der Waals surface area contributed by atoms with Crippen molar-refractivity contribution >= 4 is 24.3 Å². The molecular formula is C14H18N6O. The molecule has 0 aromatic carbocycles. The van der Waals surface area contributed by atoms with Gasteiger partial charge in [-0.05, 0) is 25.8 Å². The lowest BCUT2D eigenvalue weighted by molar-refractivity contribution is 0.840. The van der Waals surface area contributed by atoms with E-state index in [9.17, 15) is 4.79 Å². The van der Waals surface area contributed by atoms with Gasteiger partial charge in [-0.15, -0.1) is 0 Å². The zero-order valence-electron chi connectivity index (χ0n) is 12.1. The lowest BCUT2D eigenvalue weighted by Gasteiger charge is -2.02. The highest BCUT2D eigenvalue weighted by Crippen LogP contribution is 2.24. The van der Waals surface area contributed by atoms with Crippen molar-refractivity contribution in [2.75, 3.05) is 5.73 Å². The molecule has 0 unspecified atom stereocenters. The minimum atomic E-state index is -0.143. The molecule has 2 heterocycles. The van der Waals surface area contributed by atoms with E-state index in [-0.39, 0.29) is 5.56 Å². The van der Waals surface area contributed by atoms with Gasteiger partial charge in [0.15, 0.2) is 0 Å². The molecule has 3 N–H and O–H groups in total. The Kier molecular flexibility index (Phi) is 3.04. The maximum Gasteiger partial charge on any atom is 0.275 e. The van der Waals surface area contributed by atoms with Crippen molar-refractivity contribution in [2.45, 2.75) is 25.8 Å². The Morgan fingerprint density at radius 2 is 2.33 bits per heavy atom. The van der Waals surface area contributed by atoms with Crippen LogP contribution in [-0.4, -0.2) is 31.2 Å². The van der Waals surface area contributed by atoms with Gasteiger partial charge in [-0.3, -0.25) is 14.4 Å². The van der Waals surface area contributed by atoms with E-state index in [4.69, 9.17) is 5.73 Å². The van der Waals surface area contributed by atoms with Gasteiger partial charge in [0.2, 0.25) is 0 Å². The van der Waals surface area contributed by atoms with Crippen LogP contribution in [0.1, 0.15) is 25.3 Å². The van der Waals surface area contributed by atoms with Gasteiger partial charge in [-0.2, -0.15) is 5.10 Å². The van der Waals surface area contributed by atoms with Gasteiger partial charge in [0.05, 0.1) is 12.2 Å². The van der Waals surface area contributed by atoms with E-state index in [0.717, 1.165) is 18.7 Å². The average Bonchev–Trinajstić information content (AvgIpc) is 3.14. The van der Waals surface area contributed by atoms with Gasteiger partial charge in [0.1, 0.15) is 22.5 Å². The van der Waals surface area contributed by atoms with Crippen LogP contribution in [0.3, 0.4) is 0 Å². The zero-order chi connectivity index (χ0) is 15.1. The summed E-state index contributed by atoms with van der Waals surface area (Å²) in [5, 5.41) is 4.68. The Bertz CT molecular complexity index is 878. The predicted octanol–water partition coefficient (Wildman–Crippen LogP) is -0.840. The van der Waals surface area contributed by atoms with E-state index >= 15 is 0 Å². The van der Waals surface area contributed by atoms with Gasteiger partial charge >= 0.3 is 0 Å². The van der Waals surface area contributed by atoms with Gasteiger partial charge < -0.3 is 10.7 Å². The highest BCUT2D eigenvalue weighted by atomic mass is 16.1. The summed E-state index contributed by atoms with van der Waals surface area (Å²) in [6.45, 7) is 5.64. The smallest absolute Gasteiger partial charge is 0.275 e. The lowest BCUT2D eigenvalue weighted by Crippen LogP contribution is -2.28. The normalized spacial score (nSPS) is 16.7. The van der Waals surface area contributed by atoms with Crippen molar-refractivity contribution in [3.8, 4) is 0 Å². The monoisotopic (exact) mass is 286 g/mol. The average molecular weight is 286 g/mol. The minimum absolute atomic E-state index is 0.143. The number of nitrogens with two attached hydrogens (primary N) is 1. The number of hydrogen-bond donors (Lipinski definition) is 2. The minimum Gasteiger partial charge on any atom is -0.383 e. The maximum atomic E-state index is 12.0. The third kappa shape index (κ3) is 2.42. The number of aliphatic imine (C=N–C) groups is 1. The molecule has 2 aromatic rings. The molecule has 1 saturated carbocycles. The van der Waals surface area contributed by atoms with Crippen LogP contribution >= 0.6 is 0 Å². The molecular weight excluding hydrogens is 268 g/mol. The molecule has 7 heteroatoms. The van der Waals surface area contributed by atoms with Crippen LogP contribution < -0.4 is 22.1 Å². The first-order valence-electron chi connectivity index (χ1n) is 6.81. The molecule has 0 spiro atoms. The first-order chi connectivity index (χ1) is 9.97. The second kappa shape index (κ2) is 4.76. The SMILES string of the molecule is C=c1[nH]c(=Cc2cnn(C(C)=NC3CC3)c2N)c(=O)n1C. The van der Waals surface area contributed by atoms with Gasteiger partial charge in [0, 0.05) is 12.6 Å². The van der Waals surface area contributed by atoms with Crippen molar-refractivity contribution in [3.63, 3.8) is 0 Å². The fourth-order valence-corrected chi connectivity index (χ4v) is 2.11. The summed E-state index contributed by atoms with van der Waals surface area (Å²) >= 11 is 0. The highest BCUT2D eigenvalue weighted by molar-refractivity contribution is 5.85. The lowest BCUT2D eigenvalue weighted by atomic mass is 10.3. The van der Waals surface area contributed by atoms with E-state index in [1.165, 1.54) is 4.57 Å². The van der Waals surface area contributed by atoms with Crippen LogP contribution in [0.25, 0.3) is 12.7 Å². The Labute approximate surface area is 121 Å². The summed E-state index contributed by atoms with van der Waals surface area (Å²) < 4.78 is 3.05. The van der Waals surface area contributed by atoms with Crippen molar-refractivity contribution in [1.82, 2.24) is 19.3 Å². The molecule has 0 aliphatic heterocycles. The number of imidazole rings is 1. The van der Waals surface area contributed by atoms with E-state index < -0.39 is 0 Å². The number of nitrogen functional groups attached to an aromatic ring is 1. The van der Waals surface area contributed by atoms with Gasteiger partial charge in [-0.25, -0.2) is 4.68 Å². The van der Waals surface area contributed by atoms with Crippen molar-refractivity contribution in [1.29, 1.82) is 0 Å². The van der Waals surface area contributed by atoms with Crippen LogP contribution in [0.15, 0.2) is 16.0 Å². The van der Waals surface area contributed by atoms with Crippen LogP contribution in [0, 0.1) is 0 Å². The molecule has 110 valence electrons. The quantitative estimate of drug-likeness (QED) is 0.557. The van der Waals surface area contributed by atoms with Gasteiger partial charge in [-0.1, -0.05) is 6.58 Å². The fraction of sp³-hybridized carbons (Fsp3) is 0.357. The number of nitrogens with zero attached hydrogens (tertiary/aromatic N) is 4. The molecule has 0 radical (unpaired) electrons. The number of nitrogens with one attached hydrogen (secondary N) is 1. The Morgan fingerprint density at radius 1 is 1.62 bits per heavy atom. The molecule has 1 fully saturated rings. The molecule has 1 aliphatic carbocycles. The predicted molar refractivity (Wildman–Crippen MR) is 82.5 cm³/mol. The van der Waals surface area contributed by atoms with Crippen molar-refractivity contribution in [3.05, 3.63) is 32.9 Å². The Balaban J connectivity index is 2.04. The molecule has 0 bridgehead atoms. The maximum absolute atomic E-state index is 12.0. The van der Waals surface area contributed by atoms with E-state index in [1.54, 1.807) is 24.0 Å². The number of aromatic nitrogens is 4. The number of anilines is 1. The molecule has 1 aliphatic rings. The first kappa shape index (κ1) is 13.4. The third-order valence-corrected chi connectivity index (χ3v) is 3.58. The molecule has 7 nitrogen and oxygen atoms in total. The number of aromatic amines is 1. The molecule has 3 rings (SSSR count). The largest absolute Gasteiger partial charge is 0.383 e. The fourth-order valence-electron chi connectivity index (χ4n) is 2.11. The molecule has 0 atom stereocenters. The molecule has 2 aromatic heterocycles. The first-order valence-corrected chi connectivity index (χ1v) is 6.81. The summed E-state index contributed by atoms with van der Waals surface area (Å²) in [6, 6.07) is 0.408. The van der Waals surface area contributed by atoms with Crippen molar-refractivity contribution < 1.29 is 0 Å². The van der Waals surface area contributed by atoms with Crippen LogP contribution in [0.2, 0.25) is 0 Å². The van der Waals surface area contributed by atoms with E-state index in [2.05, 4.69) is 21.7 Å². The highest BCUT2D eigenvalue weighted by Gasteiger charge is 2.21. The third-order valence-electron chi connectivity index (χ3n) is 3.58. The second-order valence-corrected chi connectivity index (χ2v) is 5.30. The van der Waals surface area contributed by atoms with Crippen molar-refractivity contribution in [2.24, 2.45) is 12.0 Å². The zero-order valence-corrected chi connectivity index (χ0v) is 12.1. The Morgan fingerprint density at radius 3 is 2.90 bits per heavy atom. The van der Waals surface area contributed by atoms with Crippen LogP contribution in [0.5, 0.6) is 0 Å². The summed E-state index contributed by atoms with van der Waals surface area (Å²) in [4.78, 5) is 19.4. The van der Waals surface area contributed by atoms with E-state index in [1.807, 2.05) is 6.92 Å². The van der Waals surface area contributed by atoms with Crippen LogP contribution in [-0.2, 0) is 7.05 Å². The summed E-state index contributed by atoms with van der Waals surface area (Å²) in [7, 11) is 1.66. The standard InChI is InChI=1S/C14H18N6O/c1-8-18-12(14(21)19(8)3)6-10-7-16-20(13(10)15)9(2)17-11-4-5-11/h6-7,11,18H,1,4-5,15H2,2-3H3. The molecule has 21 heavy (non-hydrogen) atoms. The summed E-state index contributed by atoms with van der Waals surface area (Å²) in [5.74, 6) is 1.24. The van der Waals surface area contributed by atoms with Gasteiger partial charge in [0.25, 0.3) is 5.56 Å². The molecule has 0 saturated heterocycles.